The largest absolute Gasteiger partial charge is 0.379 e. The molecule has 1 fully saturated rings. The van der Waals surface area contributed by atoms with Crippen LogP contribution in [-0.4, -0.2) is 73.0 Å². The average molecular weight is 340 g/mol. The van der Waals surface area contributed by atoms with Gasteiger partial charge in [-0.15, -0.1) is 0 Å². The number of likely N-dealkylation sites (N-methyl/N-ethyl adjacent to an activating group) is 1. The van der Waals surface area contributed by atoms with E-state index in [-0.39, 0.29) is 17.7 Å². The summed E-state index contributed by atoms with van der Waals surface area (Å²) in [6.45, 7) is 2.21. The summed E-state index contributed by atoms with van der Waals surface area (Å²) < 4.78 is 12.4. The number of amides is 1. The third kappa shape index (κ3) is 4.76. The second-order valence-corrected chi connectivity index (χ2v) is 6.07. The SMILES string of the molecule is CN(C)CCO[C@H]1CCOC[C@H]1NC(=O)c1cn(C)c(=O)[nH]c1=O. The minimum atomic E-state index is -0.711. The molecule has 0 unspecified atom stereocenters. The number of nitrogens with zero attached hydrogens (tertiary/aromatic N) is 2. The van der Waals surface area contributed by atoms with E-state index >= 15 is 0 Å². The first-order chi connectivity index (χ1) is 11.4. The lowest BCUT2D eigenvalue weighted by atomic mass is 10.1. The number of carbonyl (C=O) groups excluding carboxylic acids is 1. The van der Waals surface area contributed by atoms with Gasteiger partial charge in [0.25, 0.3) is 11.5 Å². The average Bonchev–Trinajstić information content (AvgIpc) is 2.52. The van der Waals surface area contributed by atoms with Crippen molar-refractivity contribution < 1.29 is 14.3 Å². The highest BCUT2D eigenvalue weighted by atomic mass is 16.5. The van der Waals surface area contributed by atoms with Crippen LogP contribution in [0.3, 0.4) is 0 Å². The van der Waals surface area contributed by atoms with Gasteiger partial charge in [0.15, 0.2) is 0 Å². The molecule has 1 aromatic heterocycles. The summed E-state index contributed by atoms with van der Waals surface area (Å²) in [5.41, 5.74) is -1.39. The Hall–Kier alpha value is -1.97. The van der Waals surface area contributed by atoms with Crippen LogP contribution >= 0.6 is 0 Å². The predicted octanol–water partition coefficient (Wildman–Crippen LogP) is -1.46. The maximum atomic E-state index is 12.4. The van der Waals surface area contributed by atoms with E-state index in [1.54, 1.807) is 0 Å². The van der Waals surface area contributed by atoms with Crippen LogP contribution in [0.25, 0.3) is 0 Å². The third-order valence-electron chi connectivity index (χ3n) is 3.83. The van der Waals surface area contributed by atoms with E-state index in [0.717, 1.165) is 11.1 Å². The lowest BCUT2D eigenvalue weighted by molar-refractivity contribution is -0.0562. The molecule has 1 amide bonds. The van der Waals surface area contributed by atoms with Crippen LogP contribution < -0.4 is 16.6 Å². The van der Waals surface area contributed by atoms with Crippen LogP contribution in [0.1, 0.15) is 16.8 Å². The molecule has 2 N–H and O–H groups in total. The Labute approximate surface area is 139 Å². The zero-order valence-corrected chi connectivity index (χ0v) is 14.2. The van der Waals surface area contributed by atoms with Crippen LogP contribution in [0.4, 0.5) is 0 Å². The van der Waals surface area contributed by atoms with Gasteiger partial charge in [-0.1, -0.05) is 0 Å². The van der Waals surface area contributed by atoms with Crippen molar-refractivity contribution in [3.8, 4) is 0 Å². The van der Waals surface area contributed by atoms with Gasteiger partial charge < -0.3 is 24.3 Å². The fourth-order valence-corrected chi connectivity index (χ4v) is 2.41. The first-order valence-corrected chi connectivity index (χ1v) is 7.83. The molecule has 0 aromatic carbocycles. The van der Waals surface area contributed by atoms with Gasteiger partial charge >= 0.3 is 5.69 Å². The van der Waals surface area contributed by atoms with Crippen molar-refractivity contribution in [3.05, 3.63) is 32.6 Å². The van der Waals surface area contributed by atoms with Crippen LogP contribution in [0, 0.1) is 0 Å². The third-order valence-corrected chi connectivity index (χ3v) is 3.83. The summed E-state index contributed by atoms with van der Waals surface area (Å²) in [6.07, 6.45) is 1.72. The maximum absolute atomic E-state index is 12.4. The Balaban J connectivity index is 2.04. The van der Waals surface area contributed by atoms with Crippen molar-refractivity contribution >= 4 is 5.91 Å². The molecule has 1 aromatic rings. The summed E-state index contributed by atoms with van der Waals surface area (Å²) in [4.78, 5) is 39.6. The van der Waals surface area contributed by atoms with Gasteiger partial charge in [0.1, 0.15) is 5.56 Å². The number of hydrogen-bond acceptors (Lipinski definition) is 6. The van der Waals surface area contributed by atoms with Crippen molar-refractivity contribution in [1.82, 2.24) is 19.8 Å². The van der Waals surface area contributed by atoms with Crippen LogP contribution in [-0.2, 0) is 16.5 Å². The first-order valence-electron chi connectivity index (χ1n) is 7.83. The molecule has 0 spiro atoms. The molecule has 0 radical (unpaired) electrons. The van der Waals surface area contributed by atoms with E-state index in [9.17, 15) is 14.4 Å². The van der Waals surface area contributed by atoms with E-state index in [4.69, 9.17) is 9.47 Å². The minimum absolute atomic E-state index is 0.116. The van der Waals surface area contributed by atoms with Crippen LogP contribution in [0.15, 0.2) is 15.8 Å². The van der Waals surface area contributed by atoms with Gasteiger partial charge in [-0.3, -0.25) is 14.6 Å². The molecule has 2 heterocycles. The number of H-pyrrole nitrogens is 1. The van der Waals surface area contributed by atoms with Gasteiger partial charge in [0, 0.05) is 26.4 Å². The van der Waals surface area contributed by atoms with Gasteiger partial charge in [-0.05, 0) is 20.5 Å². The smallest absolute Gasteiger partial charge is 0.328 e. The molecule has 1 aliphatic heterocycles. The fraction of sp³-hybridized carbons (Fsp3) is 0.667. The standard InChI is InChI=1S/C15H24N4O5/c1-18(2)5-7-24-12-4-6-23-9-11(12)16-13(20)10-8-19(3)15(22)17-14(10)21/h8,11-12H,4-7,9H2,1-3H3,(H,16,20)(H,17,21,22)/t11-,12+/m1/s1. The molecule has 1 saturated heterocycles. The first kappa shape index (κ1) is 18.4. The highest BCUT2D eigenvalue weighted by Crippen LogP contribution is 2.12. The molecule has 0 bridgehead atoms. The number of carbonyl (C=O) groups is 1. The quantitative estimate of drug-likeness (QED) is 0.656. The molecule has 0 aliphatic carbocycles. The predicted molar refractivity (Wildman–Crippen MR) is 87.3 cm³/mol. The summed E-state index contributed by atoms with van der Waals surface area (Å²) in [5.74, 6) is -0.552. The van der Waals surface area contributed by atoms with Gasteiger partial charge in [-0.2, -0.15) is 0 Å². The van der Waals surface area contributed by atoms with Crippen LogP contribution in [0.2, 0.25) is 0 Å². The lowest BCUT2D eigenvalue weighted by Crippen LogP contribution is -2.52. The number of aromatic nitrogens is 2. The molecular weight excluding hydrogens is 316 g/mol. The number of aryl methyl sites for hydroxylation is 1. The number of nitrogens with one attached hydrogen (secondary N) is 2. The minimum Gasteiger partial charge on any atom is -0.379 e. The van der Waals surface area contributed by atoms with Gasteiger partial charge in [0.2, 0.25) is 0 Å². The number of hydrogen-bond donors (Lipinski definition) is 2. The second kappa shape index (κ2) is 8.22. The molecule has 134 valence electrons. The number of ether oxygens (including phenoxy) is 2. The monoisotopic (exact) mass is 340 g/mol. The van der Waals surface area contributed by atoms with E-state index in [1.807, 2.05) is 19.0 Å². The highest BCUT2D eigenvalue weighted by molar-refractivity contribution is 5.93. The Morgan fingerprint density at radius 3 is 2.96 bits per heavy atom. The Bertz CT molecular complexity index is 681. The van der Waals surface area contributed by atoms with E-state index in [2.05, 4.69) is 10.3 Å². The van der Waals surface area contributed by atoms with Gasteiger partial charge in [0.05, 0.1) is 25.4 Å². The molecule has 2 atom stereocenters. The molecule has 2 rings (SSSR count). The summed E-state index contributed by atoms with van der Waals surface area (Å²) in [6, 6.07) is -0.343. The Morgan fingerprint density at radius 1 is 1.50 bits per heavy atom. The number of rotatable bonds is 6. The van der Waals surface area contributed by atoms with E-state index < -0.39 is 17.2 Å². The van der Waals surface area contributed by atoms with Crippen molar-refractivity contribution in [2.75, 3.05) is 40.5 Å². The van der Waals surface area contributed by atoms with Crippen molar-refractivity contribution in [3.63, 3.8) is 0 Å². The van der Waals surface area contributed by atoms with Crippen molar-refractivity contribution in [1.29, 1.82) is 0 Å². The Kier molecular flexibility index (Phi) is 6.29. The summed E-state index contributed by atoms with van der Waals surface area (Å²) in [5, 5.41) is 2.77. The van der Waals surface area contributed by atoms with Crippen molar-refractivity contribution in [2.24, 2.45) is 7.05 Å². The molecule has 24 heavy (non-hydrogen) atoms. The second-order valence-electron chi connectivity index (χ2n) is 6.07. The molecule has 9 nitrogen and oxygen atoms in total. The molecule has 0 saturated carbocycles. The topological polar surface area (TPSA) is 106 Å². The van der Waals surface area contributed by atoms with Crippen LogP contribution in [0.5, 0.6) is 0 Å². The fourth-order valence-electron chi connectivity index (χ4n) is 2.41. The summed E-state index contributed by atoms with van der Waals surface area (Å²) in [7, 11) is 5.38. The normalized spacial score (nSPS) is 21.0. The van der Waals surface area contributed by atoms with Crippen molar-refractivity contribution in [2.45, 2.75) is 18.6 Å². The Morgan fingerprint density at radius 2 is 2.25 bits per heavy atom. The molecule has 9 heteroatoms. The zero-order valence-electron chi connectivity index (χ0n) is 14.2. The number of aromatic amines is 1. The highest BCUT2D eigenvalue weighted by Gasteiger charge is 2.29. The zero-order chi connectivity index (χ0) is 17.7. The molecule has 1 aliphatic rings. The summed E-state index contributed by atoms with van der Waals surface area (Å²) >= 11 is 0. The lowest BCUT2D eigenvalue weighted by Gasteiger charge is -2.32. The van der Waals surface area contributed by atoms with E-state index in [0.29, 0.717) is 26.2 Å². The maximum Gasteiger partial charge on any atom is 0.328 e. The van der Waals surface area contributed by atoms with Gasteiger partial charge in [-0.25, -0.2) is 4.79 Å². The van der Waals surface area contributed by atoms with E-state index in [1.165, 1.54) is 13.2 Å². The molecular formula is C15H24N4O5.